The summed E-state index contributed by atoms with van der Waals surface area (Å²) in [6.07, 6.45) is 7.98. The van der Waals surface area contributed by atoms with Crippen molar-refractivity contribution in [2.75, 3.05) is 31.9 Å². The Balaban J connectivity index is 1.05. The molecular weight excluding hydrogens is 476 g/mol. The number of likely N-dealkylation sites (tertiary alicyclic amines) is 1. The number of pyridine rings is 1. The summed E-state index contributed by atoms with van der Waals surface area (Å²) in [4.78, 5) is 19.4. The zero-order chi connectivity index (χ0) is 25.3. The van der Waals surface area contributed by atoms with Crippen molar-refractivity contribution in [2.24, 2.45) is 0 Å². The molecule has 192 valence electrons. The van der Waals surface area contributed by atoms with E-state index < -0.39 is 0 Å². The number of rotatable bonds is 9. The first-order valence-corrected chi connectivity index (χ1v) is 14.4. The summed E-state index contributed by atoms with van der Waals surface area (Å²) in [5.41, 5.74) is 6.73. The van der Waals surface area contributed by atoms with Gasteiger partial charge in [0, 0.05) is 37.8 Å². The van der Waals surface area contributed by atoms with Gasteiger partial charge < -0.3 is 10.2 Å². The molecule has 3 aromatic rings. The minimum Gasteiger partial charge on any atom is -0.355 e. The molecule has 2 atom stereocenters. The zero-order valence-corrected chi connectivity index (χ0v) is 22.1. The lowest BCUT2D eigenvalue weighted by molar-refractivity contribution is -0.122. The summed E-state index contributed by atoms with van der Waals surface area (Å²) in [6, 6.07) is 25.5. The number of unbranched alkanes of at least 4 members (excludes halogenated alkanes) is 1. The lowest BCUT2D eigenvalue weighted by Gasteiger charge is -2.30. The minimum absolute atomic E-state index is 0.112. The number of thioether (sulfide) groups is 1. The highest BCUT2D eigenvalue weighted by Crippen LogP contribution is 2.33. The summed E-state index contributed by atoms with van der Waals surface area (Å²) in [5, 5.41) is 6.72. The molecule has 37 heavy (non-hydrogen) atoms. The third-order valence-electron chi connectivity index (χ3n) is 7.22. The van der Waals surface area contributed by atoms with Crippen LogP contribution in [0.2, 0.25) is 0 Å². The molecule has 0 bridgehead atoms. The number of benzene rings is 2. The highest BCUT2D eigenvalue weighted by atomic mass is 32.2. The molecule has 0 spiro atoms. The summed E-state index contributed by atoms with van der Waals surface area (Å²) in [6.45, 7) is 4.04. The van der Waals surface area contributed by atoms with E-state index in [4.69, 9.17) is 0 Å². The predicted octanol–water partition coefficient (Wildman–Crippen LogP) is 5.28. The molecule has 2 N–H and O–H groups in total. The predicted molar refractivity (Wildman–Crippen MR) is 153 cm³/mol. The van der Waals surface area contributed by atoms with Gasteiger partial charge >= 0.3 is 0 Å². The van der Waals surface area contributed by atoms with E-state index in [1.165, 1.54) is 16.7 Å². The summed E-state index contributed by atoms with van der Waals surface area (Å²) < 4.78 is 0. The lowest BCUT2D eigenvalue weighted by Crippen LogP contribution is -2.43. The van der Waals surface area contributed by atoms with Crippen LogP contribution in [0.15, 0.2) is 90.8 Å². The molecule has 3 heterocycles. The topological polar surface area (TPSA) is 57.3 Å². The number of nitrogens with one attached hydrogen (secondary N) is 2. The molecule has 0 radical (unpaired) electrons. The first kappa shape index (κ1) is 25.7. The smallest absolute Gasteiger partial charge is 0.238 e. The Morgan fingerprint density at radius 3 is 2.30 bits per heavy atom. The monoisotopic (exact) mass is 512 g/mol. The van der Waals surface area contributed by atoms with Crippen molar-refractivity contribution >= 4 is 23.2 Å². The Kier molecular flexibility index (Phi) is 9.06. The van der Waals surface area contributed by atoms with Crippen LogP contribution in [0.5, 0.6) is 0 Å². The number of carbonyl (C=O) groups excluding carboxylic acids is 1. The molecule has 2 aliphatic rings. The van der Waals surface area contributed by atoms with E-state index in [2.05, 4.69) is 87.2 Å². The van der Waals surface area contributed by atoms with Crippen LogP contribution in [0.1, 0.15) is 47.7 Å². The third kappa shape index (κ3) is 6.89. The van der Waals surface area contributed by atoms with Gasteiger partial charge in [0.2, 0.25) is 5.91 Å². The Labute approximate surface area is 224 Å². The lowest BCUT2D eigenvalue weighted by atomic mass is 9.88. The van der Waals surface area contributed by atoms with E-state index in [-0.39, 0.29) is 17.3 Å². The molecule has 0 saturated carbocycles. The van der Waals surface area contributed by atoms with E-state index >= 15 is 0 Å². The van der Waals surface area contributed by atoms with E-state index in [1.54, 1.807) is 23.5 Å². The maximum Gasteiger partial charge on any atom is 0.238 e. The van der Waals surface area contributed by atoms with E-state index in [9.17, 15) is 4.79 Å². The largest absolute Gasteiger partial charge is 0.355 e. The van der Waals surface area contributed by atoms with Gasteiger partial charge in [0.05, 0.1) is 11.4 Å². The summed E-state index contributed by atoms with van der Waals surface area (Å²) >= 11 is 1.77. The fraction of sp³-hybridized carbons (Fsp3) is 0.355. The summed E-state index contributed by atoms with van der Waals surface area (Å²) in [7, 11) is 0. The van der Waals surface area contributed by atoms with E-state index in [1.807, 2.05) is 12.3 Å². The first-order chi connectivity index (χ1) is 18.3. The average Bonchev–Trinajstić information content (AvgIpc) is 3.46. The van der Waals surface area contributed by atoms with Crippen molar-refractivity contribution in [3.8, 4) is 0 Å². The number of piperidine rings is 1. The molecule has 1 aromatic heterocycles. The van der Waals surface area contributed by atoms with Gasteiger partial charge in [-0.15, -0.1) is 11.8 Å². The fourth-order valence-corrected chi connectivity index (χ4v) is 6.45. The van der Waals surface area contributed by atoms with Gasteiger partial charge in [-0.2, -0.15) is 0 Å². The van der Waals surface area contributed by atoms with Crippen molar-refractivity contribution in [1.29, 1.82) is 0 Å². The standard InChI is InChI=1S/C31H36N4OS/c36-30(28-23-37-31(34-28)27-14-9-17-32-22-27)33-18-7-8-19-35-20-15-26(16-21-35)29(24-10-3-1-4-11-24)25-12-5-2-6-13-25/h1-6,9-14,17,22,28,31,34H,7-8,15-16,18-21,23H2,(H,33,36)/t28-,31?/m0/s1. The quantitative estimate of drug-likeness (QED) is 0.382. The highest BCUT2D eigenvalue weighted by Gasteiger charge is 2.30. The van der Waals surface area contributed by atoms with Crippen molar-refractivity contribution in [3.05, 3.63) is 107 Å². The number of nitrogens with zero attached hydrogens (tertiary/aromatic N) is 2. The van der Waals surface area contributed by atoms with Crippen LogP contribution in [0.25, 0.3) is 5.57 Å². The van der Waals surface area contributed by atoms with Crippen LogP contribution in [0.3, 0.4) is 0 Å². The number of amides is 1. The second-order valence-electron chi connectivity index (χ2n) is 9.77. The highest BCUT2D eigenvalue weighted by molar-refractivity contribution is 7.99. The van der Waals surface area contributed by atoms with Crippen LogP contribution >= 0.6 is 11.8 Å². The van der Waals surface area contributed by atoms with Crippen LogP contribution in [0, 0.1) is 0 Å². The number of carbonyl (C=O) groups is 1. The molecule has 2 aromatic carbocycles. The molecule has 5 rings (SSSR count). The molecule has 6 heteroatoms. The Hall–Kier alpha value is -2.93. The molecule has 2 fully saturated rings. The van der Waals surface area contributed by atoms with Crippen molar-refractivity contribution in [1.82, 2.24) is 20.5 Å². The minimum atomic E-state index is -0.133. The van der Waals surface area contributed by atoms with Crippen molar-refractivity contribution in [3.63, 3.8) is 0 Å². The first-order valence-electron chi connectivity index (χ1n) is 13.4. The summed E-state index contributed by atoms with van der Waals surface area (Å²) in [5.74, 6) is 0.907. The Morgan fingerprint density at radius 2 is 1.65 bits per heavy atom. The molecule has 1 unspecified atom stereocenters. The van der Waals surface area contributed by atoms with Crippen LogP contribution in [0.4, 0.5) is 0 Å². The van der Waals surface area contributed by atoms with E-state index in [0.29, 0.717) is 0 Å². The van der Waals surface area contributed by atoms with Gasteiger partial charge in [-0.25, -0.2) is 0 Å². The van der Waals surface area contributed by atoms with Crippen LogP contribution in [-0.4, -0.2) is 53.8 Å². The Morgan fingerprint density at radius 1 is 0.946 bits per heavy atom. The molecule has 1 amide bonds. The number of aromatic nitrogens is 1. The van der Waals surface area contributed by atoms with Gasteiger partial charge in [0.1, 0.15) is 0 Å². The average molecular weight is 513 g/mol. The van der Waals surface area contributed by atoms with Gasteiger partial charge in [-0.3, -0.25) is 15.1 Å². The maximum absolute atomic E-state index is 12.6. The number of hydrogen-bond acceptors (Lipinski definition) is 5. The van der Waals surface area contributed by atoms with Gasteiger partial charge in [-0.05, 0) is 60.6 Å². The molecule has 2 aliphatic heterocycles. The zero-order valence-electron chi connectivity index (χ0n) is 21.3. The molecule has 2 saturated heterocycles. The van der Waals surface area contributed by atoms with Gasteiger partial charge in [0.25, 0.3) is 0 Å². The van der Waals surface area contributed by atoms with Crippen LogP contribution in [-0.2, 0) is 4.79 Å². The molecule has 5 nitrogen and oxygen atoms in total. The van der Waals surface area contributed by atoms with E-state index in [0.717, 1.165) is 63.2 Å². The van der Waals surface area contributed by atoms with Crippen molar-refractivity contribution in [2.45, 2.75) is 37.1 Å². The maximum atomic E-state index is 12.6. The SMILES string of the molecule is O=C(NCCCCN1CCC(=C(c2ccccc2)c2ccccc2)CC1)[C@@H]1CSC(c2cccnc2)N1. The third-order valence-corrected chi connectivity index (χ3v) is 8.49. The number of hydrogen-bond donors (Lipinski definition) is 2. The molecular formula is C31H36N4OS. The van der Waals surface area contributed by atoms with Crippen molar-refractivity contribution < 1.29 is 4.79 Å². The van der Waals surface area contributed by atoms with Gasteiger partial charge in [-0.1, -0.05) is 72.3 Å². The van der Waals surface area contributed by atoms with Gasteiger partial charge in [0.15, 0.2) is 0 Å². The molecule has 0 aliphatic carbocycles. The van der Waals surface area contributed by atoms with Crippen LogP contribution < -0.4 is 10.6 Å². The second-order valence-corrected chi connectivity index (χ2v) is 10.9. The fourth-order valence-electron chi connectivity index (χ4n) is 5.22. The normalized spacial score (nSPS) is 20.1. The Bertz CT molecular complexity index is 1120. The second kappa shape index (κ2) is 13.0.